The molecule has 1 aromatic heterocycles. The number of carbonyl (C=O) groups is 2. The van der Waals surface area contributed by atoms with Gasteiger partial charge in [0.15, 0.2) is 6.61 Å². The van der Waals surface area contributed by atoms with E-state index >= 15 is 0 Å². The Labute approximate surface area is 114 Å². The highest BCUT2D eigenvalue weighted by Gasteiger charge is 2.08. The van der Waals surface area contributed by atoms with Crippen LogP contribution in [0.3, 0.4) is 0 Å². The second kappa shape index (κ2) is 6.32. The van der Waals surface area contributed by atoms with Crippen LogP contribution in [0, 0.1) is 0 Å². The van der Waals surface area contributed by atoms with Gasteiger partial charge in [-0.25, -0.2) is 9.78 Å². The van der Waals surface area contributed by atoms with Gasteiger partial charge in [0.2, 0.25) is 5.82 Å². The van der Waals surface area contributed by atoms with Gasteiger partial charge < -0.3 is 14.8 Å². The van der Waals surface area contributed by atoms with E-state index in [0.29, 0.717) is 11.4 Å². The second-order valence-corrected chi connectivity index (χ2v) is 3.68. The molecule has 0 spiro atoms. The lowest BCUT2D eigenvalue weighted by Gasteiger charge is -2.06. The van der Waals surface area contributed by atoms with Gasteiger partial charge in [-0.05, 0) is 24.3 Å². The number of nitrogens with zero attached hydrogens (tertiary/aromatic N) is 2. The Morgan fingerprint density at radius 2 is 2.05 bits per heavy atom. The van der Waals surface area contributed by atoms with E-state index in [1.165, 1.54) is 13.4 Å². The molecular formula is C12H12N4O4. The number of H-pyrrole nitrogens is 1. The van der Waals surface area contributed by atoms with Crippen LogP contribution in [0.25, 0.3) is 0 Å². The molecule has 0 atom stereocenters. The molecule has 104 valence electrons. The molecule has 0 bridgehead atoms. The fourth-order valence-electron chi connectivity index (χ4n) is 1.34. The Balaban J connectivity index is 1.91. The minimum absolute atomic E-state index is 0.121. The van der Waals surface area contributed by atoms with Gasteiger partial charge >= 0.3 is 5.97 Å². The fourth-order valence-corrected chi connectivity index (χ4v) is 1.34. The minimum Gasteiger partial charge on any atom is -0.482 e. The highest BCUT2D eigenvalue weighted by molar-refractivity contribution is 6.01. The van der Waals surface area contributed by atoms with Gasteiger partial charge in [-0.1, -0.05) is 0 Å². The molecule has 8 heteroatoms. The van der Waals surface area contributed by atoms with Crippen LogP contribution in [-0.4, -0.2) is 40.8 Å². The first-order valence-corrected chi connectivity index (χ1v) is 5.65. The molecule has 0 radical (unpaired) electrons. The average Bonchev–Trinajstić information content (AvgIpc) is 3.00. The van der Waals surface area contributed by atoms with Gasteiger partial charge in [0, 0.05) is 5.69 Å². The van der Waals surface area contributed by atoms with Crippen molar-refractivity contribution in [1.29, 1.82) is 0 Å². The number of aromatic amines is 1. The maximum Gasteiger partial charge on any atom is 0.343 e. The molecule has 0 unspecified atom stereocenters. The van der Waals surface area contributed by atoms with Crippen molar-refractivity contribution < 1.29 is 19.1 Å². The molecule has 20 heavy (non-hydrogen) atoms. The normalized spacial score (nSPS) is 9.85. The molecule has 0 aliphatic carbocycles. The maximum absolute atomic E-state index is 11.7. The number of anilines is 1. The fraction of sp³-hybridized carbons (Fsp3) is 0.167. The van der Waals surface area contributed by atoms with E-state index in [2.05, 4.69) is 25.2 Å². The molecule has 1 heterocycles. The number of hydrogen-bond acceptors (Lipinski definition) is 6. The number of rotatable bonds is 5. The van der Waals surface area contributed by atoms with Gasteiger partial charge in [-0.3, -0.25) is 9.89 Å². The number of ether oxygens (including phenoxy) is 2. The molecule has 0 fully saturated rings. The minimum atomic E-state index is -0.465. The van der Waals surface area contributed by atoms with Crippen LogP contribution in [0.2, 0.25) is 0 Å². The summed E-state index contributed by atoms with van der Waals surface area (Å²) in [6.07, 6.45) is 1.25. The van der Waals surface area contributed by atoms with E-state index in [4.69, 9.17) is 4.74 Å². The summed E-state index contributed by atoms with van der Waals surface area (Å²) >= 11 is 0. The van der Waals surface area contributed by atoms with Gasteiger partial charge in [-0.15, -0.1) is 0 Å². The number of aromatic nitrogens is 3. The van der Waals surface area contributed by atoms with Gasteiger partial charge in [0.1, 0.15) is 12.1 Å². The third-order valence-corrected chi connectivity index (χ3v) is 2.33. The summed E-state index contributed by atoms with van der Waals surface area (Å²) in [5.41, 5.74) is 0.566. The number of nitrogens with one attached hydrogen (secondary N) is 2. The third kappa shape index (κ3) is 3.55. The first kappa shape index (κ1) is 13.5. The smallest absolute Gasteiger partial charge is 0.343 e. The van der Waals surface area contributed by atoms with Crippen molar-refractivity contribution in [3.8, 4) is 5.75 Å². The van der Waals surface area contributed by atoms with Crippen molar-refractivity contribution in [2.24, 2.45) is 0 Å². The van der Waals surface area contributed by atoms with Gasteiger partial charge in [0.25, 0.3) is 5.91 Å². The molecule has 2 rings (SSSR count). The predicted octanol–water partition coefficient (Wildman–Crippen LogP) is 0.609. The zero-order valence-corrected chi connectivity index (χ0v) is 10.6. The lowest BCUT2D eigenvalue weighted by Crippen LogP contribution is -2.14. The first-order valence-electron chi connectivity index (χ1n) is 5.65. The van der Waals surface area contributed by atoms with Crippen LogP contribution in [0.5, 0.6) is 5.75 Å². The number of benzene rings is 1. The summed E-state index contributed by atoms with van der Waals surface area (Å²) in [7, 11) is 1.29. The monoisotopic (exact) mass is 276 g/mol. The van der Waals surface area contributed by atoms with Crippen molar-refractivity contribution in [3.05, 3.63) is 36.4 Å². The number of hydrogen-bond donors (Lipinski definition) is 2. The second-order valence-electron chi connectivity index (χ2n) is 3.68. The Morgan fingerprint density at radius 3 is 2.65 bits per heavy atom. The van der Waals surface area contributed by atoms with Crippen LogP contribution in [-0.2, 0) is 9.53 Å². The summed E-state index contributed by atoms with van der Waals surface area (Å²) in [5, 5.41) is 8.67. The average molecular weight is 276 g/mol. The standard InChI is InChI=1S/C12H12N4O4/c1-19-10(17)6-20-9-4-2-8(3-5-9)15-12(18)11-13-7-14-16-11/h2-5,7H,6H2,1H3,(H,15,18)(H,13,14,16). The molecule has 1 amide bonds. The van der Waals surface area contributed by atoms with E-state index < -0.39 is 11.9 Å². The zero-order valence-electron chi connectivity index (χ0n) is 10.6. The molecule has 2 aromatic rings. The van der Waals surface area contributed by atoms with E-state index in [0.717, 1.165) is 0 Å². The number of carbonyl (C=O) groups excluding carboxylic acids is 2. The lowest BCUT2D eigenvalue weighted by molar-refractivity contribution is -0.142. The maximum atomic E-state index is 11.7. The predicted molar refractivity (Wildman–Crippen MR) is 68.3 cm³/mol. The van der Waals surface area contributed by atoms with Crippen molar-refractivity contribution in [2.45, 2.75) is 0 Å². The summed E-state index contributed by atoms with van der Waals surface area (Å²) < 4.78 is 9.63. The highest BCUT2D eigenvalue weighted by Crippen LogP contribution is 2.16. The van der Waals surface area contributed by atoms with Crippen LogP contribution in [0.1, 0.15) is 10.6 Å². The quantitative estimate of drug-likeness (QED) is 0.775. The number of esters is 1. The Kier molecular flexibility index (Phi) is 4.28. The van der Waals surface area contributed by atoms with E-state index in [1.807, 2.05) is 0 Å². The topological polar surface area (TPSA) is 106 Å². The Bertz CT molecular complexity index is 580. The largest absolute Gasteiger partial charge is 0.482 e. The molecular weight excluding hydrogens is 264 g/mol. The Hall–Kier alpha value is -2.90. The van der Waals surface area contributed by atoms with Crippen molar-refractivity contribution >= 4 is 17.6 Å². The number of methoxy groups -OCH3 is 1. The van der Waals surface area contributed by atoms with Crippen molar-refractivity contribution in [2.75, 3.05) is 19.0 Å². The van der Waals surface area contributed by atoms with Crippen LogP contribution < -0.4 is 10.1 Å². The molecule has 0 aliphatic heterocycles. The molecule has 1 aromatic carbocycles. The number of amides is 1. The summed E-state index contributed by atoms with van der Waals surface area (Å²) in [6.45, 7) is -0.166. The third-order valence-electron chi connectivity index (χ3n) is 2.33. The SMILES string of the molecule is COC(=O)COc1ccc(NC(=O)c2ncn[nH]2)cc1. The van der Waals surface area contributed by atoms with E-state index in [-0.39, 0.29) is 12.4 Å². The van der Waals surface area contributed by atoms with Crippen molar-refractivity contribution in [3.63, 3.8) is 0 Å². The summed E-state index contributed by atoms with van der Waals surface area (Å²) in [6, 6.07) is 6.53. The van der Waals surface area contributed by atoms with Gasteiger partial charge in [0.05, 0.1) is 7.11 Å². The molecule has 0 aliphatic rings. The molecule has 0 saturated carbocycles. The van der Waals surface area contributed by atoms with E-state index in [1.54, 1.807) is 24.3 Å². The Morgan fingerprint density at radius 1 is 1.30 bits per heavy atom. The van der Waals surface area contributed by atoms with Gasteiger partial charge in [-0.2, -0.15) is 5.10 Å². The van der Waals surface area contributed by atoms with Crippen LogP contribution in [0.4, 0.5) is 5.69 Å². The highest BCUT2D eigenvalue weighted by atomic mass is 16.6. The first-order chi connectivity index (χ1) is 9.69. The van der Waals surface area contributed by atoms with Crippen LogP contribution >= 0.6 is 0 Å². The molecule has 8 nitrogen and oxygen atoms in total. The molecule has 0 saturated heterocycles. The van der Waals surface area contributed by atoms with Crippen molar-refractivity contribution in [1.82, 2.24) is 15.2 Å². The van der Waals surface area contributed by atoms with Crippen LogP contribution in [0.15, 0.2) is 30.6 Å². The zero-order chi connectivity index (χ0) is 14.4. The summed E-state index contributed by atoms with van der Waals surface area (Å²) in [5.74, 6) is -0.248. The summed E-state index contributed by atoms with van der Waals surface area (Å²) in [4.78, 5) is 26.3. The van der Waals surface area contributed by atoms with E-state index in [9.17, 15) is 9.59 Å². The molecule has 2 N–H and O–H groups in total. The lowest BCUT2D eigenvalue weighted by atomic mass is 10.3.